The highest BCUT2D eigenvalue weighted by atomic mass is 16.3. The minimum Gasteiger partial charge on any atom is -0.395 e. The Bertz CT molecular complexity index is 196. The molecule has 0 bridgehead atoms. The third-order valence-corrected chi connectivity index (χ3v) is 4.66. The largest absolute Gasteiger partial charge is 0.395 e. The van der Waals surface area contributed by atoms with Crippen LogP contribution < -0.4 is 5.73 Å². The van der Waals surface area contributed by atoms with E-state index in [1.807, 2.05) is 0 Å². The van der Waals surface area contributed by atoms with E-state index in [2.05, 4.69) is 6.92 Å². The third kappa shape index (κ3) is 18.0. The van der Waals surface area contributed by atoms with Crippen molar-refractivity contribution in [3.63, 3.8) is 0 Å². The van der Waals surface area contributed by atoms with Crippen LogP contribution in [0.2, 0.25) is 0 Å². The van der Waals surface area contributed by atoms with Gasteiger partial charge in [0.25, 0.3) is 0 Å². The molecule has 0 fully saturated rings. The molecule has 2 nitrogen and oxygen atoms in total. The Kier molecular flexibility index (Phi) is 18.9. The van der Waals surface area contributed by atoms with E-state index in [0.717, 1.165) is 6.42 Å². The molecule has 0 radical (unpaired) electrons. The average Bonchev–Trinajstić information content (AvgIpc) is 2.54. The van der Waals surface area contributed by atoms with Crippen molar-refractivity contribution in [3.05, 3.63) is 0 Å². The van der Waals surface area contributed by atoms with Crippen LogP contribution in [0.4, 0.5) is 0 Å². The number of rotatable bonds is 18. The van der Waals surface area contributed by atoms with Gasteiger partial charge in [-0.15, -0.1) is 0 Å². The summed E-state index contributed by atoms with van der Waals surface area (Å²) in [6.07, 6.45) is 23.4. The molecule has 0 aliphatic heterocycles. The first-order valence-electron chi connectivity index (χ1n) is 10.2. The number of aliphatic hydroxyl groups is 1. The topological polar surface area (TPSA) is 46.2 Å². The average molecular weight is 314 g/mol. The van der Waals surface area contributed by atoms with Gasteiger partial charge in [0.1, 0.15) is 0 Å². The van der Waals surface area contributed by atoms with Gasteiger partial charge in [-0.2, -0.15) is 0 Å². The zero-order valence-electron chi connectivity index (χ0n) is 15.3. The highest BCUT2D eigenvalue weighted by Crippen LogP contribution is 2.14. The maximum absolute atomic E-state index is 8.84. The van der Waals surface area contributed by atoms with Crippen molar-refractivity contribution < 1.29 is 5.11 Å². The molecule has 0 aliphatic carbocycles. The Hall–Kier alpha value is -0.0800. The van der Waals surface area contributed by atoms with E-state index >= 15 is 0 Å². The van der Waals surface area contributed by atoms with Gasteiger partial charge in [-0.05, 0) is 6.42 Å². The standard InChI is InChI=1S/C20H43NO/c1-2-3-4-5-6-7-8-9-10-11-12-13-14-15-16-17-18-20(21)19-22/h20,22H,2-19,21H2,1H3. The summed E-state index contributed by atoms with van der Waals surface area (Å²) in [5.74, 6) is 0. The van der Waals surface area contributed by atoms with E-state index in [1.165, 1.54) is 103 Å². The van der Waals surface area contributed by atoms with Gasteiger partial charge in [-0.3, -0.25) is 0 Å². The molecule has 0 spiro atoms. The van der Waals surface area contributed by atoms with Crippen LogP contribution >= 0.6 is 0 Å². The Morgan fingerprint density at radius 1 is 0.591 bits per heavy atom. The van der Waals surface area contributed by atoms with Crippen LogP contribution in [0.3, 0.4) is 0 Å². The van der Waals surface area contributed by atoms with Crippen LogP contribution in [0.1, 0.15) is 116 Å². The van der Waals surface area contributed by atoms with Crippen molar-refractivity contribution in [1.29, 1.82) is 0 Å². The van der Waals surface area contributed by atoms with Gasteiger partial charge < -0.3 is 10.8 Å². The first-order valence-corrected chi connectivity index (χ1v) is 10.2. The van der Waals surface area contributed by atoms with Crippen molar-refractivity contribution in [2.45, 2.75) is 122 Å². The van der Waals surface area contributed by atoms with Gasteiger partial charge >= 0.3 is 0 Å². The molecule has 0 aromatic rings. The van der Waals surface area contributed by atoms with Crippen molar-refractivity contribution >= 4 is 0 Å². The maximum atomic E-state index is 8.84. The lowest BCUT2D eigenvalue weighted by molar-refractivity contribution is 0.257. The number of hydrogen-bond acceptors (Lipinski definition) is 2. The molecule has 3 N–H and O–H groups in total. The van der Waals surface area contributed by atoms with Crippen molar-refractivity contribution in [1.82, 2.24) is 0 Å². The van der Waals surface area contributed by atoms with E-state index in [4.69, 9.17) is 10.8 Å². The molecule has 0 rings (SSSR count). The number of unbranched alkanes of at least 4 members (excludes halogenated alkanes) is 15. The molecule has 0 aromatic carbocycles. The monoisotopic (exact) mass is 313 g/mol. The summed E-state index contributed by atoms with van der Waals surface area (Å²) in [6, 6.07) is 0.00615. The van der Waals surface area contributed by atoms with Crippen LogP contribution in [-0.4, -0.2) is 17.8 Å². The molecule has 22 heavy (non-hydrogen) atoms. The predicted molar refractivity (Wildman–Crippen MR) is 99.2 cm³/mol. The summed E-state index contributed by atoms with van der Waals surface area (Å²) in [7, 11) is 0. The second kappa shape index (κ2) is 19.0. The summed E-state index contributed by atoms with van der Waals surface area (Å²) in [5, 5.41) is 8.84. The summed E-state index contributed by atoms with van der Waals surface area (Å²) >= 11 is 0. The molecule has 2 heteroatoms. The lowest BCUT2D eigenvalue weighted by Gasteiger charge is -2.07. The van der Waals surface area contributed by atoms with Gasteiger partial charge in [0.2, 0.25) is 0 Å². The fourth-order valence-electron chi connectivity index (χ4n) is 3.05. The number of nitrogens with two attached hydrogens (primary N) is 1. The summed E-state index contributed by atoms with van der Waals surface area (Å²) in [5.41, 5.74) is 5.68. The molecule has 1 atom stereocenters. The quantitative estimate of drug-likeness (QED) is 0.307. The molecule has 0 saturated carbocycles. The fourth-order valence-corrected chi connectivity index (χ4v) is 3.05. The van der Waals surface area contributed by atoms with Gasteiger partial charge in [-0.25, -0.2) is 0 Å². The minimum atomic E-state index is 0.00615. The van der Waals surface area contributed by atoms with E-state index in [1.54, 1.807) is 0 Å². The van der Waals surface area contributed by atoms with Gasteiger partial charge in [0.05, 0.1) is 6.61 Å². The zero-order valence-corrected chi connectivity index (χ0v) is 15.3. The van der Waals surface area contributed by atoms with Crippen LogP contribution in [0.15, 0.2) is 0 Å². The van der Waals surface area contributed by atoms with Crippen LogP contribution in [0.5, 0.6) is 0 Å². The van der Waals surface area contributed by atoms with Gasteiger partial charge in [0.15, 0.2) is 0 Å². The predicted octanol–water partition coefficient (Wildman–Crippen LogP) is 5.96. The van der Waals surface area contributed by atoms with Gasteiger partial charge in [-0.1, -0.05) is 110 Å². The Balaban J connectivity index is 2.97. The molecule has 1 unspecified atom stereocenters. The first kappa shape index (κ1) is 21.9. The minimum absolute atomic E-state index is 0.00615. The summed E-state index contributed by atoms with van der Waals surface area (Å²) in [6.45, 7) is 2.42. The van der Waals surface area contributed by atoms with Crippen LogP contribution in [0, 0.1) is 0 Å². The molecule has 0 aromatic heterocycles. The molecule has 134 valence electrons. The zero-order chi connectivity index (χ0) is 16.3. The first-order chi connectivity index (χ1) is 10.8. The SMILES string of the molecule is CCCCCCCCCCCCCCCCCCC(N)CO. The molecule has 0 heterocycles. The smallest absolute Gasteiger partial charge is 0.0582 e. The Labute approximate surface area is 140 Å². The molecule has 0 saturated heterocycles. The van der Waals surface area contributed by atoms with E-state index < -0.39 is 0 Å². The Morgan fingerprint density at radius 3 is 1.23 bits per heavy atom. The van der Waals surface area contributed by atoms with E-state index in [9.17, 15) is 0 Å². The number of aliphatic hydroxyl groups excluding tert-OH is 1. The second-order valence-electron chi connectivity index (χ2n) is 7.03. The van der Waals surface area contributed by atoms with Gasteiger partial charge in [0, 0.05) is 6.04 Å². The summed E-state index contributed by atoms with van der Waals surface area (Å²) in [4.78, 5) is 0. The van der Waals surface area contributed by atoms with Crippen molar-refractivity contribution in [2.75, 3.05) is 6.61 Å². The van der Waals surface area contributed by atoms with Crippen LogP contribution in [-0.2, 0) is 0 Å². The normalized spacial score (nSPS) is 12.7. The molecular formula is C20H43NO. The highest BCUT2D eigenvalue weighted by Gasteiger charge is 1.99. The highest BCUT2D eigenvalue weighted by molar-refractivity contribution is 4.58. The lowest BCUT2D eigenvalue weighted by Crippen LogP contribution is -2.23. The number of hydrogen-bond donors (Lipinski definition) is 2. The van der Waals surface area contributed by atoms with Crippen molar-refractivity contribution in [3.8, 4) is 0 Å². The second-order valence-corrected chi connectivity index (χ2v) is 7.03. The fraction of sp³-hybridized carbons (Fsp3) is 1.00. The van der Waals surface area contributed by atoms with Crippen LogP contribution in [0.25, 0.3) is 0 Å². The summed E-state index contributed by atoms with van der Waals surface area (Å²) < 4.78 is 0. The third-order valence-electron chi connectivity index (χ3n) is 4.66. The molecular weight excluding hydrogens is 270 g/mol. The van der Waals surface area contributed by atoms with Crippen molar-refractivity contribution in [2.24, 2.45) is 5.73 Å². The lowest BCUT2D eigenvalue weighted by atomic mass is 10.0. The molecule has 0 amide bonds. The van der Waals surface area contributed by atoms with E-state index in [-0.39, 0.29) is 12.6 Å². The Morgan fingerprint density at radius 2 is 0.909 bits per heavy atom. The molecule has 0 aliphatic rings. The van der Waals surface area contributed by atoms with E-state index in [0.29, 0.717) is 0 Å². The maximum Gasteiger partial charge on any atom is 0.0582 e.